The number of pyridine rings is 1. The van der Waals surface area contributed by atoms with Crippen LogP contribution in [0, 0.1) is 5.92 Å². The van der Waals surface area contributed by atoms with E-state index in [4.69, 9.17) is 0 Å². The normalized spacial score (nSPS) is 23.7. The molecule has 1 saturated carbocycles. The predicted molar refractivity (Wildman–Crippen MR) is 80.0 cm³/mol. The van der Waals surface area contributed by atoms with E-state index >= 15 is 0 Å². The molecular formula is C16H27N3. The van der Waals surface area contributed by atoms with Crippen molar-refractivity contribution >= 4 is 0 Å². The Labute approximate surface area is 117 Å². The highest BCUT2D eigenvalue weighted by Gasteiger charge is 2.17. The molecule has 1 aliphatic carbocycles. The lowest BCUT2D eigenvalue weighted by Gasteiger charge is -2.28. The van der Waals surface area contributed by atoms with E-state index in [0.29, 0.717) is 0 Å². The summed E-state index contributed by atoms with van der Waals surface area (Å²) in [6.07, 6.45) is 9.30. The Hall–Kier alpha value is -0.930. The standard InChI is InChI=1S/C16H27N3/c1-14-5-3-7-16(11-14)18-9-10-19(2)13-15-6-4-8-17-12-15/h4,6,8,12,14,16,18H,3,5,7,9-11,13H2,1-2H3. The smallest absolute Gasteiger partial charge is 0.0312 e. The second kappa shape index (κ2) is 7.61. The van der Waals surface area contributed by atoms with Gasteiger partial charge in [0.1, 0.15) is 0 Å². The average molecular weight is 261 g/mol. The number of hydrogen-bond acceptors (Lipinski definition) is 3. The Balaban J connectivity index is 1.62. The fourth-order valence-corrected chi connectivity index (χ4v) is 2.96. The quantitative estimate of drug-likeness (QED) is 0.853. The molecule has 106 valence electrons. The van der Waals surface area contributed by atoms with Crippen molar-refractivity contribution in [1.82, 2.24) is 15.2 Å². The first kappa shape index (κ1) is 14.5. The zero-order valence-corrected chi connectivity index (χ0v) is 12.3. The van der Waals surface area contributed by atoms with E-state index in [1.54, 1.807) is 0 Å². The SMILES string of the molecule is CC1CCCC(NCCN(C)Cc2cccnc2)C1. The van der Waals surface area contributed by atoms with Gasteiger partial charge >= 0.3 is 0 Å². The third-order valence-electron chi connectivity index (χ3n) is 4.04. The van der Waals surface area contributed by atoms with Crippen molar-refractivity contribution in [3.8, 4) is 0 Å². The molecule has 0 aromatic carbocycles. The molecule has 2 rings (SSSR count). The van der Waals surface area contributed by atoms with Crippen molar-refractivity contribution in [3.05, 3.63) is 30.1 Å². The average Bonchev–Trinajstić information content (AvgIpc) is 2.40. The summed E-state index contributed by atoms with van der Waals surface area (Å²) >= 11 is 0. The van der Waals surface area contributed by atoms with Crippen molar-refractivity contribution in [2.75, 3.05) is 20.1 Å². The summed E-state index contributed by atoms with van der Waals surface area (Å²) in [5.74, 6) is 0.902. The van der Waals surface area contributed by atoms with E-state index in [0.717, 1.165) is 31.6 Å². The minimum Gasteiger partial charge on any atom is -0.313 e. The van der Waals surface area contributed by atoms with Gasteiger partial charge in [-0.15, -0.1) is 0 Å². The van der Waals surface area contributed by atoms with Crippen molar-refractivity contribution < 1.29 is 0 Å². The summed E-state index contributed by atoms with van der Waals surface area (Å²) in [7, 11) is 2.18. The fraction of sp³-hybridized carbons (Fsp3) is 0.688. The molecule has 3 heteroatoms. The van der Waals surface area contributed by atoms with Crippen molar-refractivity contribution in [2.45, 2.75) is 45.2 Å². The van der Waals surface area contributed by atoms with E-state index in [1.807, 2.05) is 18.5 Å². The molecule has 3 nitrogen and oxygen atoms in total. The molecule has 1 aromatic heterocycles. The number of hydrogen-bond donors (Lipinski definition) is 1. The van der Waals surface area contributed by atoms with Gasteiger partial charge in [0.25, 0.3) is 0 Å². The van der Waals surface area contributed by atoms with Crippen LogP contribution in [-0.2, 0) is 6.54 Å². The molecule has 1 N–H and O–H groups in total. The molecule has 0 aliphatic heterocycles. The summed E-state index contributed by atoms with van der Waals surface area (Å²) < 4.78 is 0. The van der Waals surface area contributed by atoms with Crippen LogP contribution in [-0.4, -0.2) is 36.1 Å². The number of nitrogens with zero attached hydrogens (tertiary/aromatic N) is 2. The second-order valence-electron chi connectivity index (χ2n) is 6.02. The molecule has 0 bridgehead atoms. The van der Waals surface area contributed by atoms with Gasteiger partial charge in [0.2, 0.25) is 0 Å². The zero-order chi connectivity index (χ0) is 13.5. The highest BCUT2D eigenvalue weighted by atomic mass is 15.1. The van der Waals surface area contributed by atoms with Gasteiger partial charge in [-0.05, 0) is 37.4 Å². The molecule has 1 fully saturated rings. The first-order chi connectivity index (χ1) is 9.24. The van der Waals surface area contributed by atoms with Gasteiger partial charge in [0.05, 0.1) is 0 Å². The van der Waals surface area contributed by atoms with Crippen LogP contribution in [0.2, 0.25) is 0 Å². The Morgan fingerprint density at radius 2 is 2.32 bits per heavy atom. The molecule has 2 unspecified atom stereocenters. The summed E-state index contributed by atoms with van der Waals surface area (Å²) in [5, 5.41) is 3.71. The first-order valence-corrected chi connectivity index (χ1v) is 7.55. The van der Waals surface area contributed by atoms with E-state index in [-0.39, 0.29) is 0 Å². The summed E-state index contributed by atoms with van der Waals surface area (Å²) in [4.78, 5) is 6.51. The van der Waals surface area contributed by atoms with E-state index in [2.05, 4.69) is 35.2 Å². The van der Waals surface area contributed by atoms with E-state index < -0.39 is 0 Å². The lowest BCUT2D eigenvalue weighted by Crippen LogP contribution is -2.38. The number of aromatic nitrogens is 1. The third-order valence-corrected chi connectivity index (χ3v) is 4.04. The molecule has 1 aliphatic rings. The first-order valence-electron chi connectivity index (χ1n) is 7.55. The Morgan fingerprint density at radius 3 is 3.05 bits per heavy atom. The maximum absolute atomic E-state index is 4.16. The van der Waals surface area contributed by atoms with Crippen LogP contribution >= 0.6 is 0 Å². The largest absolute Gasteiger partial charge is 0.313 e. The van der Waals surface area contributed by atoms with E-state index in [1.165, 1.54) is 31.2 Å². The van der Waals surface area contributed by atoms with Gasteiger partial charge < -0.3 is 10.2 Å². The highest BCUT2D eigenvalue weighted by Crippen LogP contribution is 2.23. The third kappa shape index (κ3) is 5.29. The topological polar surface area (TPSA) is 28.2 Å². The Bertz CT molecular complexity index is 352. The van der Waals surface area contributed by atoms with Gasteiger partial charge in [-0.25, -0.2) is 0 Å². The van der Waals surface area contributed by atoms with E-state index in [9.17, 15) is 0 Å². The molecule has 19 heavy (non-hydrogen) atoms. The molecule has 0 radical (unpaired) electrons. The molecule has 0 saturated heterocycles. The summed E-state index contributed by atoms with van der Waals surface area (Å²) in [6.45, 7) is 5.55. The molecule has 1 heterocycles. The molecule has 0 amide bonds. The highest BCUT2D eigenvalue weighted by molar-refractivity contribution is 5.07. The van der Waals surface area contributed by atoms with Crippen molar-refractivity contribution in [3.63, 3.8) is 0 Å². The van der Waals surface area contributed by atoms with Gasteiger partial charge in [0, 0.05) is 38.1 Å². The maximum Gasteiger partial charge on any atom is 0.0312 e. The van der Waals surface area contributed by atoms with Crippen LogP contribution in [0.1, 0.15) is 38.2 Å². The number of nitrogens with one attached hydrogen (secondary N) is 1. The fourth-order valence-electron chi connectivity index (χ4n) is 2.96. The van der Waals surface area contributed by atoms with Gasteiger partial charge in [-0.3, -0.25) is 4.98 Å². The van der Waals surface area contributed by atoms with Crippen molar-refractivity contribution in [1.29, 1.82) is 0 Å². The van der Waals surface area contributed by atoms with Crippen molar-refractivity contribution in [2.24, 2.45) is 5.92 Å². The van der Waals surface area contributed by atoms with Gasteiger partial charge in [-0.2, -0.15) is 0 Å². The second-order valence-corrected chi connectivity index (χ2v) is 6.02. The Kier molecular flexibility index (Phi) is 5.80. The number of likely N-dealkylation sites (N-methyl/N-ethyl adjacent to an activating group) is 1. The molecule has 0 spiro atoms. The lowest BCUT2D eigenvalue weighted by atomic mass is 9.87. The van der Waals surface area contributed by atoms with Crippen LogP contribution in [0.3, 0.4) is 0 Å². The van der Waals surface area contributed by atoms with Crippen LogP contribution in [0.15, 0.2) is 24.5 Å². The van der Waals surface area contributed by atoms with Crippen LogP contribution in [0.4, 0.5) is 0 Å². The summed E-state index contributed by atoms with van der Waals surface area (Å²) in [6, 6.07) is 4.89. The van der Waals surface area contributed by atoms with Crippen LogP contribution < -0.4 is 5.32 Å². The maximum atomic E-state index is 4.16. The lowest BCUT2D eigenvalue weighted by molar-refractivity contribution is 0.274. The Morgan fingerprint density at radius 1 is 1.42 bits per heavy atom. The van der Waals surface area contributed by atoms with Gasteiger partial charge in [0.15, 0.2) is 0 Å². The molecule has 1 aromatic rings. The molecule has 2 atom stereocenters. The van der Waals surface area contributed by atoms with Crippen LogP contribution in [0.5, 0.6) is 0 Å². The van der Waals surface area contributed by atoms with Crippen LogP contribution in [0.25, 0.3) is 0 Å². The monoisotopic (exact) mass is 261 g/mol. The van der Waals surface area contributed by atoms with Gasteiger partial charge in [-0.1, -0.05) is 25.8 Å². The molecular weight excluding hydrogens is 234 g/mol. The zero-order valence-electron chi connectivity index (χ0n) is 12.3. The predicted octanol–water partition coefficient (Wildman–Crippen LogP) is 2.68. The summed E-state index contributed by atoms with van der Waals surface area (Å²) in [5.41, 5.74) is 1.29. The number of rotatable bonds is 6. The minimum absolute atomic E-state index is 0.746. The minimum atomic E-state index is 0.746.